The van der Waals surface area contributed by atoms with Gasteiger partial charge in [0, 0.05) is 37.0 Å². The van der Waals surface area contributed by atoms with E-state index >= 15 is 0 Å². The first-order chi connectivity index (χ1) is 8.70. The van der Waals surface area contributed by atoms with Gasteiger partial charge in [0.15, 0.2) is 0 Å². The predicted molar refractivity (Wildman–Crippen MR) is 71.4 cm³/mol. The molecular weight excluding hydrogens is 226 g/mol. The number of nitrogens with one attached hydrogen (secondary N) is 1. The van der Waals surface area contributed by atoms with Crippen molar-refractivity contribution in [1.29, 1.82) is 0 Å². The lowest BCUT2D eigenvalue weighted by atomic mass is 10.1. The van der Waals surface area contributed by atoms with E-state index in [9.17, 15) is 0 Å². The molecule has 0 radical (unpaired) electrons. The lowest BCUT2D eigenvalue weighted by Crippen LogP contribution is -2.22. The molecule has 0 amide bonds. The van der Waals surface area contributed by atoms with Crippen molar-refractivity contribution in [2.75, 3.05) is 0 Å². The maximum Gasteiger partial charge on any atom is 0.121 e. The average Bonchev–Trinajstić information content (AvgIpc) is 2.96. The summed E-state index contributed by atoms with van der Waals surface area (Å²) in [6.45, 7) is 8.11. The van der Waals surface area contributed by atoms with Crippen LogP contribution in [0.3, 0.4) is 0 Å². The van der Waals surface area contributed by atoms with Gasteiger partial charge in [-0.05, 0) is 13.0 Å². The van der Waals surface area contributed by atoms with Crippen molar-refractivity contribution >= 4 is 0 Å². The Bertz CT molecular complexity index is 485. The number of aromatic nitrogens is 2. The first kappa shape index (κ1) is 12.9. The van der Waals surface area contributed by atoms with E-state index in [1.165, 1.54) is 5.56 Å². The summed E-state index contributed by atoms with van der Waals surface area (Å²) in [7, 11) is 0. The van der Waals surface area contributed by atoms with Crippen LogP contribution in [-0.2, 0) is 19.5 Å². The third-order valence-corrected chi connectivity index (χ3v) is 3.00. The van der Waals surface area contributed by atoms with Crippen LogP contribution in [0.25, 0.3) is 0 Å². The molecule has 0 spiro atoms. The molecule has 0 saturated heterocycles. The van der Waals surface area contributed by atoms with Crippen LogP contribution in [0.15, 0.2) is 29.1 Å². The van der Waals surface area contributed by atoms with Crippen LogP contribution < -0.4 is 5.32 Å². The molecule has 4 nitrogen and oxygen atoms in total. The minimum atomic E-state index is 0.459. The van der Waals surface area contributed by atoms with Crippen molar-refractivity contribution in [3.8, 4) is 0 Å². The highest BCUT2D eigenvalue weighted by Crippen LogP contribution is 2.15. The quantitative estimate of drug-likeness (QED) is 0.853. The molecule has 1 N–H and O–H groups in total. The van der Waals surface area contributed by atoms with Crippen molar-refractivity contribution in [3.63, 3.8) is 0 Å². The Morgan fingerprint density at radius 1 is 1.44 bits per heavy atom. The zero-order valence-electron chi connectivity index (χ0n) is 11.3. The number of hydrogen-bond donors (Lipinski definition) is 1. The molecule has 4 heteroatoms. The molecule has 0 bridgehead atoms. The normalized spacial score (nSPS) is 11.3. The molecular formula is C14H21N3O. The van der Waals surface area contributed by atoms with Gasteiger partial charge in [-0.1, -0.05) is 13.8 Å². The van der Waals surface area contributed by atoms with Crippen LogP contribution in [0.1, 0.15) is 37.9 Å². The van der Waals surface area contributed by atoms with Gasteiger partial charge in [-0.25, -0.2) is 4.98 Å². The highest BCUT2D eigenvalue weighted by atomic mass is 16.3. The average molecular weight is 247 g/mol. The molecule has 2 rings (SSSR count). The fourth-order valence-corrected chi connectivity index (χ4v) is 1.94. The van der Waals surface area contributed by atoms with Crippen LogP contribution in [0.2, 0.25) is 0 Å². The maximum absolute atomic E-state index is 5.54. The Hall–Kier alpha value is -1.55. The maximum atomic E-state index is 5.54. The van der Waals surface area contributed by atoms with Crippen molar-refractivity contribution in [2.24, 2.45) is 0 Å². The van der Waals surface area contributed by atoms with E-state index in [0.717, 1.165) is 31.1 Å². The summed E-state index contributed by atoms with van der Waals surface area (Å²) in [6, 6.07) is 2.49. The van der Waals surface area contributed by atoms with Crippen molar-refractivity contribution < 1.29 is 4.42 Å². The summed E-state index contributed by atoms with van der Waals surface area (Å²) in [4.78, 5) is 4.40. The zero-order valence-corrected chi connectivity index (χ0v) is 11.3. The van der Waals surface area contributed by atoms with E-state index in [1.807, 2.05) is 18.5 Å². The van der Waals surface area contributed by atoms with Crippen LogP contribution >= 0.6 is 0 Å². The summed E-state index contributed by atoms with van der Waals surface area (Å²) in [5.41, 5.74) is 1.21. The summed E-state index contributed by atoms with van der Waals surface area (Å²) in [5.74, 6) is 2.10. The number of furan rings is 1. The number of rotatable bonds is 6. The number of imidazole rings is 1. The molecule has 2 heterocycles. The smallest absolute Gasteiger partial charge is 0.121 e. The van der Waals surface area contributed by atoms with E-state index in [2.05, 4.69) is 35.6 Å². The number of hydrogen-bond acceptors (Lipinski definition) is 3. The summed E-state index contributed by atoms with van der Waals surface area (Å²) in [6.07, 6.45) is 6.45. The Labute approximate surface area is 108 Å². The van der Waals surface area contributed by atoms with E-state index in [4.69, 9.17) is 4.42 Å². The molecule has 18 heavy (non-hydrogen) atoms. The minimum Gasteiger partial charge on any atom is -0.468 e. The van der Waals surface area contributed by atoms with Crippen molar-refractivity contribution in [1.82, 2.24) is 14.9 Å². The van der Waals surface area contributed by atoms with Crippen molar-refractivity contribution in [2.45, 2.75) is 46.3 Å². The Balaban J connectivity index is 2.07. The molecule has 98 valence electrons. The molecule has 2 aromatic rings. The monoisotopic (exact) mass is 247 g/mol. The van der Waals surface area contributed by atoms with E-state index < -0.39 is 0 Å². The summed E-state index contributed by atoms with van der Waals surface area (Å²) < 4.78 is 7.70. The van der Waals surface area contributed by atoms with Gasteiger partial charge < -0.3 is 14.3 Å². The Morgan fingerprint density at radius 3 is 3.00 bits per heavy atom. The highest BCUT2D eigenvalue weighted by molar-refractivity contribution is 5.21. The molecule has 0 saturated carbocycles. The highest BCUT2D eigenvalue weighted by Gasteiger charge is 2.10. The SMILES string of the molecule is CCn1ccnc1Cc1ccoc1CNC(C)C. The largest absolute Gasteiger partial charge is 0.468 e. The third kappa shape index (κ3) is 3.01. The van der Waals surface area contributed by atoms with Gasteiger partial charge in [0.2, 0.25) is 0 Å². The topological polar surface area (TPSA) is 43.0 Å². The molecule has 0 atom stereocenters. The van der Waals surface area contributed by atoms with Gasteiger partial charge in [0.25, 0.3) is 0 Å². The van der Waals surface area contributed by atoms with Gasteiger partial charge in [0.05, 0.1) is 12.8 Å². The molecule has 2 aromatic heterocycles. The fourth-order valence-electron chi connectivity index (χ4n) is 1.94. The second-order valence-corrected chi connectivity index (χ2v) is 4.71. The van der Waals surface area contributed by atoms with Gasteiger partial charge >= 0.3 is 0 Å². The number of nitrogens with zero attached hydrogens (tertiary/aromatic N) is 2. The van der Waals surface area contributed by atoms with Gasteiger partial charge in [-0.15, -0.1) is 0 Å². The van der Waals surface area contributed by atoms with Crippen LogP contribution in [0, 0.1) is 0 Å². The molecule has 0 aliphatic carbocycles. The van der Waals surface area contributed by atoms with Crippen LogP contribution in [0.4, 0.5) is 0 Å². The van der Waals surface area contributed by atoms with Gasteiger partial charge in [0.1, 0.15) is 11.6 Å². The lowest BCUT2D eigenvalue weighted by molar-refractivity contribution is 0.461. The van der Waals surface area contributed by atoms with E-state index in [-0.39, 0.29) is 0 Å². The molecule has 0 unspecified atom stereocenters. The van der Waals surface area contributed by atoms with E-state index in [1.54, 1.807) is 6.26 Å². The van der Waals surface area contributed by atoms with Crippen LogP contribution in [0.5, 0.6) is 0 Å². The Kier molecular flexibility index (Phi) is 4.20. The number of aryl methyl sites for hydroxylation is 1. The molecule has 0 aromatic carbocycles. The first-order valence-electron chi connectivity index (χ1n) is 6.49. The fraction of sp³-hybridized carbons (Fsp3) is 0.500. The third-order valence-electron chi connectivity index (χ3n) is 3.00. The second-order valence-electron chi connectivity index (χ2n) is 4.71. The summed E-state index contributed by atoms with van der Waals surface area (Å²) >= 11 is 0. The summed E-state index contributed by atoms with van der Waals surface area (Å²) in [5, 5.41) is 3.38. The van der Waals surface area contributed by atoms with Crippen LogP contribution in [-0.4, -0.2) is 15.6 Å². The Morgan fingerprint density at radius 2 is 2.28 bits per heavy atom. The molecule has 0 aliphatic heterocycles. The molecule has 0 aliphatic rings. The molecule has 0 fully saturated rings. The van der Waals surface area contributed by atoms with Gasteiger partial charge in [-0.2, -0.15) is 0 Å². The standard InChI is InChI=1S/C14H21N3O/c1-4-17-7-6-15-14(17)9-12-5-8-18-13(12)10-16-11(2)3/h5-8,11,16H,4,9-10H2,1-3H3. The lowest BCUT2D eigenvalue weighted by Gasteiger charge is -2.08. The van der Waals surface area contributed by atoms with Gasteiger partial charge in [-0.3, -0.25) is 0 Å². The van der Waals surface area contributed by atoms with E-state index in [0.29, 0.717) is 6.04 Å². The van der Waals surface area contributed by atoms with Crippen molar-refractivity contribution in [3.05, 3.63) is 41.9 Å². The first-order valence-corrected chi connectivity index (χ1v) is 6.49. The predicted octanol–water partition coefficient (Wildman–Crippen LogP) is 2.58. The zero-order chi connectivity index (χ0) is 13.0. The second kappa shape index (κ2) is 5.87. The minimum absolute atomic E-state index is 0.459.